The predicted octanol–water partition coefficient (Wildman–Crippen LogP) is 3.71. The maximum Gasteiger partial charge on any atom is 0.243 e. The minimum atomic E-state index is -0.0308. The zero-order chi connectivity index (χ0) is 17.4. The van der Waals surface area contributed by atoms with Gasteiger partial charge in [-0.2, -0.15) is 0 Å². The minimum Gasteiger partial charge on any atom is -0.342 e. The fraction of sp³-hybridized carbons (Fsp3) is 0.250. The number of anilines is 2. The van der Waals surface area contributed by atoms with Crippen LogP contribution in [0.25, 0.3) is 10.9 Å². The summed E-state index contributed by atoms with van der Waals surface area (Å²) >= 11 is 0. The number of nitrogens with one attached hydrogen (secondary N) is 1. The van der Waals surface area contributed by atoms with E-state index in [1.807, 2.05) is 35.2 Å². The summed E-state index contributed by atoms with van der Waals surface area (Å²) in [6, 6.07) is 14.2. The highest BCUT2D eigenvalue weighted by Crippen LogP contribution is 2.30. The Balaban J connectivity index is 1.83. The van der Waals surface area contributed by atoms with Crippen LogP contribution in [0.1, 0.15) is 30.9 Å². The van der Waals surface area contributed by atoms with Crippen LogP contribution in [-0.2, 0) is 11.3 Å². The molecule has 0 atom stereocenters. The van der Waals surface area contributed by atoms with Crippen LogP contribution in [-0.4, -0.2) is 22.4 Å². The van der Waals surface area contributed by atoms with Crippen molar-refractivity contribution in [3.8, 4) is 0 Å². The topological polar surface area (TPSA) is 58.1 Å². The van der Waals surface area contributed by atoms with E-state index in [9.17, 15) is 4.79 Å². The molecule has 1 aliphatic heterocycles. The quantitative estimate of drug-likeness (QED) is 0.777. The lowest BCUT2D eigenvalue weighted by atomic mass is 10.0. The average Bonchev–Trinajstić information content (AvgIpc) is 2.78. The Hall–Kier alpha value is -2.95. The van der Waals surface area contributed by atoms with E-state index in [1.165, 1.54) is 5.56 Å². The van der Waals surface area contributed by atoms with Gasteiger partial charge in [-0.1, -0.05) is 38.1 Å². The molecule has 1 amide bonds. The fourth-order valence-electron chi connectivity index (χ4n) is 3.23. The predicted molar refractivity (Wildman–Crippen MR) is 99.7 cm³/mol. The minimum absolute atomic E-state index is 0.0308. The van der Waals surface area contributed by atoms with Gasteiger partial charge in [0.1, 0.15) is 12.1 Å². The lowest BCUT2D eigenvalue weighted by Gasteiger charge is -2.22. The summed E-state index contributed by atoms with van der Waals surface area (Å²) in [5.41, 5.74) is 4.09. The number of carbonyl (C=O) groups is 1. The van der Waals surface area contributed by atoms with Gasteiger partial charge in [-0.25, -0.2) is 9.97 Å². The molecule has 3 aromatic rings. The highest BCUT2D eigenvalue weighted by atomic mass is 16.2. The number of fused-ring (bicyclic) bond motifs is 2. The maximum absolute atomic E-state index is 12.3. The molecule has 1 aromatic heterocycles. The number of hydrogen-bond acceptors (Lipinski definition) is 4. The van der Waals surface area contributed by atoms with Crippen LogP contribution >= 0.6 is 0 Å². The van der Waals surface area contributed by atoms with Crippen molar-refractivity contribution in [3.63, 3.8) is 0 Å². The van der Waals surface area contributed by atoms with Crippen molar-refractivity contribution < 1.29 is 4.79 Å². The first-order chi connectivity index (χ1) is 12.1. The second-order valence-electron chi connectivity index (χ2n) is 6.69. The molecular weight excluding hydrogens is 312 g/mol. The van der Waals surface area contributed by atoms with Gasteiger partial charge in [0.2, 0.25) is 5.91 Å². The number of benzene rings is 2. The lowest BCUT2D eigenvalue weighted by Crippen LogP contribution is -2.30. The van der Waals surface area contributed by atoms with E-state index < -0.39 is 0 Å². The van der Waals surface area contributed by atoms with E-state index in [1.54, 1.807) is 6.33 Å². The van der Waals surface area contributed by atoms with Crippen molar-refractivity contribution in [2.45, 2.75) is 26.3 Å². The van der Waals surface area contributed by atoms with E-state index in [0.717, 1.165) is 28.0 Å². The molecule has 126 valence electrons. The van der Waals surface area contributed by atoms with Gasteiger partial charge in [0.25, 0.3) is 0 Å². The third-order valence-electron chi connectivity index (χ3n) is 4.59. The zero-order valence-electron chi connectivity index (χ0n) is 14.4. The van der Waals surface area contributed by atoms with Gasteiger partial charge in [-0.05, 0) is 35.2 Å². The summed E-state index contributed by atoms with van der Waals surface area (Å²) in [5.74, 6) is 1.20. The largest absolute Gasteiger partial charge is 0.342 e. The van der Waals surface area contributed by atoms with Crippen molar-refractivity contribution >= 4 is 28.3 Å². The Morgan fingerprint density at radius 1 is 1.08 bits per heavy atom. The Kier molecular flexibility index (Phi) is 3.84. The summed E-state index contributed by atoms with van der Waals surface area (Å²) in [4.78, 5) is 23.3. The smallest absolute Gasteiger partial charge is 0.243 e. The van der Waals surface area contributed by atoms with Crippen LogP contribution < -0.4 is 10.2 Å². The summed E-state index contributed by atoms with van der Waals surface area (Å²) in [5, 5.41) is 3.96. The molecule has 0 saturated heterocycles. The number of amides is 1. The van der Waals surface area contributed by atoms with E-state index in [4.69, 9.17) is 0 Å². The van der Waals surface area contributed by atoms with Gasteiger partial charge in [0.15, 0.2) is 0 Å². The molecule has 25 heavy (non-hydrogen) atoms. The zero-order valence-corrected chi connectivity index (χ0v) is 14.4. The summed E-state index contributed by atoms with van der Waals surface area (Å²) in [6.45, 7) is 5.24. The van der Waals surface area contributed by atoms with Crippen molar-refractivity contribution in [2.24, 2.45) is 0 Å². The Bertz CT molecular complexity index is 951. The van der Waals surface area contributed by atoms with Gasteiger partial charge in [-0.15, -0.1) is 0 Å². The van der Waals surface area contributed by atoms with E-state index in [2.05, 4.69) is 41.3 Å². The number of nitrogens with zero attached hydrogens (tertiary/aromatic N) is 3. The molecule has 0 saturated carbocycles. The highest BCUT2D eigenvalue weighted by Gasteiger charge is 2.22. The number of rotatable bonds is 2. The molecule has 5 heteroatoms. The lowest BCUT2D eigenvalue weighted by molar-refractivity contribution is -0.114. The van der Waals surface area contributed by atoms with Gasteiger partial charge >= 0.3 is 0 Å². The molecule has 0 radical (unpaired) electrons. The third kappa shape index (κ3) is 2.93. The second kappa shape index (κ2) is 6.16. The SMILES string of the molecule is CC(C)c1ccc2ncnc(N3CC(=O)Nc4ccccc4C3)c2c1. The number of aromatic nitrogens is 2. The van der Waals surface area contributed by atoms with Gasteiger partial charge < -0.3 is 10.2 Å². The number of hydrogen-bond donors (Lipinski definition) is 1. The summed E-state index contributed by atoms with van der Waals surface area (Å²) < 4.78 is 0. The molecule has 1 aliphatic rings. The van der Waals surface area contributed by atoms with E-state index in [0.29, 0.717) is 12.5 Å². The maximum atomic E-state index is 12.3. The summed E-state index contributed by atoms with van der Waals surface area (Å²) in [7, 11) is 0. The van der Waals surface area contributed by atoms with Crippen LogP contribution in [0.2, 0.25) is 0 Å². The first-order valence-electron chi connectivity index (χ1n) is 8.49. The molecule has 1 N–H and O–H groups in total. The molecule has 4 rings (SSSR count). The second-order valence-corrected chi connectivity index (χ2v) is 6.69. The number of para-hydroxylation sites is 1. The monoisotopic (exact) mass is 332 g/mol. The van der Waals surface area contributed by atoms with Crippen LogP contribution in [0.4, 0.5) is 11.5 Å². The molecular formula is C20H20N4O. The first-order valence-corrected chi connectivity index (χ1v) is 8.49. The average molecular weight is 332 g/mol. The van der Waals surface area contributed by atoms with Crippen molar-refractivity contribution in [3.05, 3.63) is 59.9 Å². The molecule has 0 spiro atoms. The van der Waals surface area contributed by atoms with E-state index >= 15 is 0 Å². The van der Waals surface area contributed by atoms with Crippen LogP contribution in [0.5, 0.6) is 0 Å². The fourth-order valence-corrected chi connectivity index (χ4v) is 3.23. The van der Waals surface area contributed by atoms with Gasteiger partial charge in [-0.3, -0.25) is 4.79 Å². The van der Waals surface area contributed by atoms with Crippen molar-refractivity contribution in [1.29, 1.82) is 0 Å². The first kappa shape index (κ1) is 15.6. The van der Waals surface area contributed by atoms with Crippen molar-refractivity contribution in [2.75, 3.05) is 16.8 Å². The Morgan fingerprint density at radius 3 is 2.76 bits per heavy atom. The molecule has 0 bridgehead atoms. The van der Waals surface area contributed by atoms with Crippen LogP contribution in [0.3, 0.4) is 0 Å². The van der Waals surface area contributed by atoms with Gasteiger partial charge in [0, 0.05) is 17.6 Å². The third-order valence-corrected chi connectivity index (χ3v) is 4.59. The molecule has 2 heterocycles. The van der Waals surface area contributed by atoms with Crippen molar-refractivity contribution in [1.82, 2.24) is 9.97 Å². The molecule has 5 nitrogen and oxygen atoms in total. The van der Waals surface area contributed by atoms with E-state index in [-0.39, 0.29) is 12.5 Å². The van der Waals surface area contributed by atoms with Gasteiger partial charge in [0.05, 0.1) is 12.1 Å². The normalized spacial score (nSPS) is 14.4. The molecule has 0 unspecified atom stereocenters. The number of carbonyl (C=O) groups excluding carboxylic acids is 1. The standard InChI is InChI=1S/C20H20N4O/c1-13(2)14-7-8-18-16(9-14)20(22-12-21-18)24-10-15-5-3-4-6-17(15)23-19(25)11-24/h3-9,12-13H,10-11H2,1-2H3,(H,23,25). The summed E-state index contributed by atoms with van der Waals surface area (Å²) in [6.07, 6.45) is 1.57. The molecule has 0 fully saturated rings. The van der Waals surface area contributed by atoms with Crippen LogP contribution in [0, 0.1) is 0 Å². The molecule has 0 aliphatic carbocycles. The Morgan fingerprint density at radius 2 is 1.92 bits per heavy atom. The molecule has 2 aromatic carbocycles. The highest BCUT2D eigenvalue weighted by molar-refractivity contribution is 5.98. The van der Waals surface area contributed by atoms with Crippen LogP contribution in [0.15, 0.2) is 48.8 Å². The Labute approximate surface area is 146 Å².